The van der Waals surface area contributed by atoms with Gasteiger partial charge in [-0.25, -0.2) is 17.6 Å². The van der Waals surface area contributed by atoms with Gasteiger partial charge in [-0.3, -0.25) is 0 Å². The van der Waals surface area contributed by atoms with Crippen LogP contribution >= 0.6 is 31.9 Å². The summed E-state index contributed by atoms with van der Waals surface area (Å²) in [7, 11) is 0. The Labute approximate surface area is 210 Å². The lowest BCUT2D eigenvalue weighted by Crippen LogP contribution is -2.24. The van der Waals surface area contributed by atoms with Crippen LogP contribution in [0.3, 0.4) is 0 Å². The van der Waals surface area contributed by atoms with Crippen LogP contribution in [0, 0.1) is 23.3 Å². The molecule has 0 aliphatic carbocycles. The Kier molecular flexibility index (Phi) is 8.59. The van der Waals surface area contributed by atoms with Crippen molar-refractivity contribution in [3.05, 3.63) is 55.5 Å². The zero-order valence-electron chi connectivity index (χ0n) is 20.1. The zero-order valence-corrected chi connectivity index (χ0v) is 23.3. The van der Waals surface area contributed by atoms with Crippen molar-refractivity contribution in [2.75, 3.05) is 0 Å². The summed E-state index contributed by atoms with van der Waals surface area (Å²) in [4.78, 5) is 0. The van der Waals surface area contributed by atoms with Gasteiger partial charge in [0.05, 0.1) is 21.2 Å². The van der Waals surface area contributed by atoms with Crippen LogP contribution < -0.4 is 9.47 Å². The van der Waals surface area contributed by atoms with E-state index in [1.807, 2.05) is 0 Å². The highest BCUT2D eigenvalue weighted by molar-refractivity contribution is 9.11. The van der Waals surface area contributed by atoms with Crippen molar-refractivity contribution < 1.29 is 27.0 Å². The van der Waals surface area contributed by atoms with Gasteiger partial charge >= 0.3 is 0 Å². The lowest BCUT2D eigenvalue weighted by atomic mass is 9.86. The largest absolute Gasteiger partial charge is 0.489 e. The van der Waals surface area contributed by atoms with Gasteiger partial charge in [0.2, 0.25) is 0 Å². The summed E-state index contributed by atoms with van der Waals surface area (Å²) in [5.74, 6) is -2.73. The molecule has 33 heavy (non-hydrogen) atoms. The summed E-state index contributed by atoms with van der Waals surface area (Å²) < 4.78 is 70.3. The summed E-state index contributed by atoms with van der Waals surface area (Å²) in [5.41, 5.74) is -1.50. The number of benzene rings is 2. The molecule has 0 amide bonds. The second-order valence-corrected chi connectivity index (χ2v) is 11.9. The third kappa shape index (κ3) is 6.44. The van der Waals surface area contributed by atoms with E-state index in [1.165, 1.54) is 0 Å². The van der Waals surface area contributed by atoms with Crippen molar-refractivity contribution in [2.24, 2.45) is 0 Å². The summed E-state index contributed by atoms with van der Waals surface area (Å²) in [6, 6.07) is 2.31. The Morgan fingerprint density at radius 1 is 0.697 bits per heavy atom. The molecule has 2 unspecified atom stereocenters. The van der Waals surface area contributed by atoms with Crippen molar-refractivity contribution in [3.8, 4) is 11.5 Å². The smallest absolute Gasteiger partial charge is 0.147 e. The zero-order chi connectivity index (χ0) is 25.5. The molecule has 2 rings (SSSR count). The Morgan fingerprint density at radius 2 is 1.00 bits per heavy atom. The molecule has 0 fully saturated rings. The maximum atomic E-state index is 14.8. The van der Waals surface area contributed by atoms with Crippen LogP contribution in [0.5, 0.6) is 11.5 Å². The molecule has 0 aliphatic heterocycles. The molecule has 0 heterocycles. The van der Waals surface area contributed by atoms with E-state index in [4.69, 9.17) is 9.47 Å². The normalized spacial score (nSPS) is 14.2. The van der Waals surface area contributed by atoms with E-state index in [9.17, 15) is 17.6 Å². The minimum atomic E-state index is -0.719. The minimum Gasteiger partial charge on any atom is -0.489 e. The maximum Gasteiger partial charge on any atom is 0.147 e. The average molecular weight is 598 g/mol. The molecule has 2 aromatic rings. The monoisotopic (exact) mass is 596 g/mol. The summed E-state index contributed by atoms with van der Waals surface area (Å²) in [6.45, 7) is 13.8. The first-order valence-corrected chi connectivity index (χ1v) is 12.2. The van der Waals surface area contributed by atoms with Crippen molar-refractivity contribution >= 4 is 31.9 Å². The molecule has 0 saturated carbocycles. The van der Waals surface area contributed by atoms with Crippen LogP contribution in [0.25, 0.3) is 0 Å². The molecule has 0 aromatic heterocycles. The first kappa shape index (κ1) is 28.0. The van der Waals surface area contributed by atoms with Crippen molar-refractivity contribution in [1.82, 2.24) is 0 Å². The Balaban J connectivity index is 2.18. The molecule has 0 aliphatic rings. The minimum absolute atomic E-state index is 0.0290. The highest BCUT2D eigenvalue weighted by Crippen LogP contribution is 2.39. The predicted octanol–water partition coefficient (Wildman–Crippen LogP) is 8.99. The molecule has 2 atom stereocenters. The SMILES string of the molecule is CC(CC(C)Oc1cc(F)c(C(C)(C)C)c(F)c1Br)Oc1cc(F)c(C(C)(C)C)c(F)c1Br. The second-order valence-electron chi connectivity index (χ2n) is 10.3. The van der Waals surface area contributed by atoms with Crippen molar-refractivity contribution in [2.45, 2.75) is 84.8 Å². The van der Waals surface area contributed by atoms with Gasteiger partial charge in [-0.1, -0.05) is 41.5 Å². The van der Waals surface area contributed by atoms with Gasteiger partial charge in [-0.2, -0.15) is 0 Å². The molecule has 0 bridgehead atoms. The average Bonchev–Trinajstić information content (AvgIpc) is 2.61. The van der Waals surface area contributed by atoms with Gasteiger partial charge in [-0.05, 0) is 56.5 Å². The van der Waals surface area contributed by atoms with Crippen LogP contribution in [0.1, 0.15) is 72.9 Å². The van der Waals surface area contributed by atoms with E-state index in [2.05, 4.69) is 31.9 Å². The van der Waals surface area contributed by atoms with Gasteiger partial charge in [0.15, 0.2) is 0 Å². The van der Waals surface area contributed by atoms with Crippen LogP contribution in [0.2, 0.25) is 0 Å². The summed E-state index contributed by atoms with van der Waals surface area (Å²) in [6.07, 6.45) is -0.705. The lowest BCUT2D eigenvalue weighted by molar-refractivity contribution is 0.128. The highest BCUT2D eigenvalue weighted by Gasteiger charge is 2.29. The number of halogens is 6. The number of hydrogen-bond donors (Lipinski definition) is 0. The van der Waals surface area contributed by atoms with E-state index in [0.717, 1.165) is 12.1 Å². The van der Waals surface area contributed by atoms with E-state index >= 15 is 0 Å². The number of hydrogen-bond acceptors (Lipinski definition) is 2. The second kappa shape index (κ2) is 10.1. The van der Waals surface area contributed by atoms with Gasteiger partial charge in [0.25, 0.3) is 0 Å². The lowest BCUT2D eigenvalue weighted by Gasteiger charge is -2.25. The van der Waals surface area contributed by atoms with Crippen LogP contribution in [0.15, 0.2) is 21.1 Å². The third-order valence-corrected chi connectivity index (χ3v) is 6.55. The molecule has 0 radical (unpaired) electrons. The summed E-state index contributed by atoms with van der Waals surface area (Å²) in [5, 5.41) is 0. The van der Waals surface area contributed by atoms with Gasteiger partial charge < -0.3 is 9.47 Å². The van der Waals surface area contributed by atoms with E-state index < -0.39 is 46.3 Å². The molecule has 0 spiro atoms. The quantitative estimate of drug-likeness (QED) is 0.244. The maximum absolute atomic E-state index is 14.8. The Hall–Kier alpha value is -1.28. The number of rotatable bonds is 6. The molecule has 8 heteroatoms. The Morgan fingerprint density at radius 3 is 1.27 bits per heavy atom. The topological polar surface area (TPSA) is 18.5 Å². The molecule has 184 valence electrons. The van der Waals surface area contributed by atoms with Crippen molar-refractivity contribution in [3.63, 3.8) is 0 Å². The molecular weight excluding hydrogens is 568 g/mol. The van der Waals surface area contributed by atoms with E-state index in [-0.39, 0.29) is 31.6 Å². The van der Waals surface area contributed by atoms with Crippen molar-refractivity contribution in [1.29, 1.82) is 0 Å². The third-order valence-electron chi connectivity index (χ3n) is 5.07. The first-order chi connectivity index (χ1) is 14.9. The fourth-order valence-corrected chi connectivity index (χ4v) is 4.50. The Bertz CT molecular complexity index is 946. The predicted molar refractivity (Wildman–Crippen MR) is 130 cm³/mol. The van der Waals surface area contributed by atoms with Gasteiger partial charge in [0, 0.05) is 29.7 Å². The van der Waals surface area contributed by atoms with E-state index in [1.54, 1.807) is 55.4 Å². The standard InChI is InChI=1S/C25H30Br2F4O2/c1-12(32-16-10-14(28)18(24(3,4)5)22(30)20(16)26)9-13(2)33-17-11-15(29)19(25(6,7)8)23(31)21(17)27/h10-13H,9H2,1-8H3. The van der Waals surface area contributed by atoms with Crippen LogP contribution in [0.4, 0.5) is 17.6 Å². The number of ether oxygens (including phenoxy) is 2. The fourth-order valence-electron chi connectivity index (χ4n) is 3.69. The highest BCUT2D eigenvalue weighted by atomic mass is 79.9. The van der Waals surface area contributed by atoms with Crippen LogP contribution in [-0.2, 0) is 10.8 Å². The molecule has 0 N–H and O–H groups in total. The summed E-state index contributed by atoms with van der Waals surface area (Å²) >= 11 is 6.33. The molecule has 0 saturated heterocycles. The molecular formula is C25H30Br2F4O2. The molecule has 2 aromatic carbocycles. The van der Waals surface area contributed by atoms with Gasteiger partial charge in [0.1, 0.15) is 34.8 Å². The first-order valence-electron chi connectivity index (χ1n) is 10.6. The fraction of sp³-hybridized carbons (Fsp3) is 0.520. The van der Waals surface area contributed by atoms with Gasteiger partial charge in [-0.15, -0.1) is 0 Å². The molecule has 2 nitrogen and oxygen atoms in total. The van der Waals surface area contributed by atoms with Crippen LogP contribution in [-0.4, -0.2) is 12.2 Å². The van der Waals surface area contributed by atoms with E-state index in [0.29, 0.717) is 6.42 Å².